The van der Waals surface area contributed by atoms with Crippen LogP contribution in [0.4, 0.5) is 0 Å². The van der Waals surface area contributed by atoms with Gasteiger partial charge in [0.05, 0.1) is 6.61 Å². The number of aliphatic hydroxyl groups excluding tert-OH is 4. The number of aliphatic hydroxyl groups is 5. The Balaban J connectivity index is 4.79. The van der Waals surface area contributed by atoms with Crippen molar-refractivity contribution in [2.24, 2.45) is 5.73 Å². The third-order valence-corrected chi connectivity index (χ3v) is 1.66. The van der Waals surface area contributed by atoms with E-state index in [1.807, 2.05) is 0 Å². The summed E-state index contributed by atoms with van der Waals surface area (Å²) in [6, 6.07) is 0. The Morgan fingerprint density at radius 2 is 2.00 bits per heavy atom. The Bertz CT molecular complexity index is 228. The van der Waals surface area contributed by atoms with Gasteiger partial charge in [-0.05, 0) is 0 Å². The predicted molar refractivity (Wildman–Crippen MR) is 41.9 cm³/mol. The van der Waals surface area contributed by atoms with Gasteiger partial charge in [0.25, 0.3) is 0 Å². The van der Waals surface area contributed by atoms with E-state index in [2.05, 4.69) is 0 Å². The maximum atomic E-state index is 10.5. The molecule has 0 unspecified atom stereocenters. The Morgan fingerprint density at radius 1 is 1.50 bits per heavy atom. The monoisotopic (exact) mass is 212 g/mol. The van der Waals surface area contributed by atoms with Crippen molar-refractivity contribution >= 4 is 5.97 Å². The lowest BCUT2D eigenvalue weighted by atomic mass is 9.99. The van der Waals surface area contributed by atoms with Crippen LogP contribution in [0.5, 0.6) is 0 Å². The fourth-order valence-corrected chi connectivity index (χ4v) is 0.692. The summed E-state index contributed by atoms with van der Waals surface area (Å²) in [5, 5.41) is 53.2. The predicted octanol–water partition coefficient (Wildman–Crippen LogP) is -4.21. The van der Waals surface area contributed by atoms with E-state index in [9.17, 15) is 15.0 Å². The van der Waals surface area contributed by atoms with Crippen molar-refractivity contribution in [2.45, 2.75) is 24.0 Å². The topological polar surface area (TPSA) is 164 Å². The first-order valence-electron chi connectivity index (χ1n) is 4.11. The van der Waals surface area contributed by atoms with E-state index in [1.54, 1.807) is 0 Å². The first kappa shape index (κ1) is 11.3. The molecule has 84 valence electrons. The zero-order valence-corrected chi connectivity index (χ0v) is 7.03. The Labute approximate surface area is 80.3 Å². The molecule has 0 heterocycles. The molecule has 0 aromatic carbocycles. The molecular formula is C6H13NO7. The number of nitrogens with two attached hydrogens (primary N) is 1. The molecule has 0 aromatic heterocycles. The number of hydrogen-bond donors (Lipinski definition) is 7. The van der Waals surface area contributed by atoms with Crippen LogP contribution in [0, 0.1) is 0 Å². The van der Waals surface area contributed by atoms with Gasteiger partial charge < -0.3 is 30.6 Å². The molecule has 0 rings (SSSR count). The molecule has 8 nitrogen and oxygen atoms in total. The van der Waals surface area contributed by atoms with E-state index in [1.165, 1.54) is 0 Å². The Hall–Kier alpha value is -0.770. The van der Waals surface area contributed by atoms with Crippen LogP contribution in [0.1, 0.15) is 0 Å². The molecule has 0 aliphatic rings. The van der Waals surface area contributed by atoms with Crippen LogP contribution >= 0.6 is 0 Å². The van der Waals surface area contributed by atoms with Crippen LogP contribution in [0.2, 0.25) is 1.41 Å². The molecule has 0 aromatic rings. The molecule has 8 N–H and O–H groups in total. The summed E-state index contributed by atoms with van der Waals surface area (Å²) in [6.07, 6.45) is -6.33. The average Bonchev–Trinajstić information content (AvgIpc) is 2.24. The number of carbonyl (C=O) groups is 1. The molecule has 0 aliphatic heterocycles. The number of hydrogen-bond acceptors (Lipinski definition) is 7. The van der Waals surface area contributed by atoms with Crippen LogP contribution in [0.15, 0.2) is 0 Å². The summed E-state index contributed by atoms with van der Waals surface area (Å²) in [6.45, 7) is -0.939. The highest BCUT2D eigenvalue weighted by molar-refractivity contribution is 5.77. The lowest BCUT2D eigenvalue weighted by molar-refractivity contribution is -0.189. The lowest BCUT2D eigenvalue weighted by Crippen LogP contribution is -2.63. The maximum absolute atomic E-state index is 10.5. The third kappa shape index (κ3) is 2.61. The minimum absolute atomic E-state index is 0.939. The molecular weight excluding hydrogens is 198 g/mol. The van der Waals surface area contributed by atoms with Gasteiger partial charge >= 0.3 is 5.97 Å². The van der Waals surface area contributed by atoms with Gasteiger partial charge in [0.1, 0.15) is 19.7 Å². The van der Waals surface area contributed by atoms with Gasteiger partial charge in [0, 0.05) is 0 Å². The van der Waals surface area contributed by atoms with Crippen LogP contribution in [0.3, 0.4) is 0 Å². The Kier molecular flexibility index (Phi) is 3.75. The van der Waals surface area contributed by atoms with Crippen molar-refractivity contribution in [1.29, 1.82) is 0 Å². The molecule has 0 fully saturated rings. The second-order valence-corrected chi connectivity index (χ2v) is 2.76. The van der Waals surface area contributed by atoms with Crippen LogP contribution in [0.25, 0.3) is 0 Å². The molecule has 0 bridgehead atoms. The SMILES string of the molecule is [2H]N[C@@](O)(C(=O)O)[C@@H](O)[C@H](O)[C@H](O)CO. The number of carboxylic acid groups (broad SMARTS) is 1. The highest BCUT2D eigenvalue weighted by Gasteiger charge is 2.45. The first-order valence-corrected chi connectivity index (χ1v) is 3.61. The zero-order chi connectivity index (χ0) is 12.2. The minimum Gasteiger partial charge on any atom is -0.478 e. The normalized spacial score (nSPS) is 23.1. The molecule has 4 atom stereocenters. The highest BCUT2D eigenvalue weighted by Crippen LogP contribution is 2.11. The molecule has 8 heteroatoms. The van der Waals surface area contributed by atoms with Gasteiger partial charge in [-0.2, -0.15) is 0 Å². The molecule has 14 heavy (non-hydrogen) atoms. The zero-order valence-electron chi connectivity index (χ0n) is 8.03. The molecule has 0 aliphatic carbocycles. The lowest BCUT2D eigenvalue weighted by Gasteiger charge is -2.29. The molecule has 0 saturated heterocycles. The summed E-state index contributed by atoms with van der Waals surface area (Å²) in [5.41, 5.74) is -1.99. The maximum Gasteiger partial charge on any atom is 0.353 e. The van der Waals surface area contributed by atoms with Crippen molar-refractivity contribution in [3.05, 3.63) is 0 Å². The fraction of sp³-hybridized carbons (Fsp3) is 0.833. The van der Waals surface area contributed by atoms with Crippen molar-refractivity contribution in [3.8, 4) is 0 Å². The highest BCUT2D eigenvalue weighted by atomic mass is 16.4. The molecule has 0 saturated carbocycles. The van der Waals surface area contributed by atoms with E-state index in [4.69, 9.17) is 21.8 Å². The minimum atomic E-state index is -3.13. The van der Waals surface area contributed by atoms with Crippen molar-refractivity contribution in [1.82, 2.24) is 0 Å². The second-order valence-electron chi connectivity index (χ2n) is 2.76. The van der Waals surface area contributed by atoms with E-state index in [0.29, 0.717) is 0 Å². The Morgan fingerprint density at radius 3 is 2.29 bits per heavy atom. The number of aliphatic carboxylic acids is 1. The molecule has 0 spiro atoms. The third-order valence-electron chi connectivity index (χ3n) is 1.66. The van der Waals surface area contributed by atoms with Crippen molar-refractivity contribution in [3.63, 3.8) is 0 Å². The molecule has 0 radical (unpaired) electrons. The number of carboxylic acids is 1. The largest absolute Gasteiger partial charge is 0.478 e. The van der Waals surface area contributed by atoms with Gasteiger partial charge in [0.15, 0.2) is 0 Å². The van der Waals surface area contributed by atoms with Crippen LogP contribution in [-0.2, 0) is 4.79 Å². The van der Waals surface area contributed by atoms with E-state index >= 15 is 0 Å². The van der Waals surface area contributed by atoms with E-state index in [0.717, 1.165) is 5.73 Å². The van der Waals surface area contributed by atoms with Crippen molar-refractivity contribution in [2.75, 3.05) is 6.61 Å². The molecule has 0 amide bonds. The second kappa shape index (κ2) is 4.64. The fourth-order valence-electron chi connectivity index (χ4n) is 0.692. The summed E-state index contributed by atoms with van der Waals surface area (Å²) >= 11 is 0. The smallest absolute Gasteiger partial charge is 0.353 e. The summed E-state index contributed by atoms with van der Waals surface area (Å²) in [4.78, 5) is 10.5. The van der Waals surface area contributed by atoms with Crippen LogP contribution < -0.4 is 5.73 Å². The first-order chi connectivity index (χ1) is 6.81. The summed E-state index contributed by atoms with van der Waals surface area (Å²) in [5.74, 6) is -2.01. The quantitative estimate of drug-likeness (QED) is 0.218. The number of rotatable bonds is 6. The van der Waals surface area contributed by atoms with E-state index < -0.39 is 36.6 Å². The van der Waals surface area contributed by atoms with Gasteiger partial charge in [-0.1, -0.05) is 0 Å². The summed E-state index contributed by atoms with van der Waals surface area (Å²) < 4.78 is 6.51. The van der Waals surface area contributed by atoms with E-state index in [-0.39, 0.29) is 0 Å². The van der Waals surface area contributed by atoms with Crippen molar-refractivity contribution < 1.29 is 36.8 Å². The average molecular weight is 212 g/mol. The summed E-state index contributed by atoms with van der Waals surface area (Å²) in [7, 11) is 0. The van der Waals surface area contributed by atoms with Gasteiger partial charge in [-0.15, -0.1) is 0 Å². The van der Waals surface area contributed by atoms with Gasteiger partial charge in [-0.25, -0.2) is 4.79 Å². The standard InChI is InChI=1S/C6H13NO7/c7-6(14,5(12)13)4(11)3(10)2(9)1-8/h2-4,8-11,14H,1,7H2,(H,12,13)/t2-,3-,4+,6+/m1/s1/i/hD. The van der Waals surface area contributed by atoms with Gasteiger partial charge in [0.2, 0.25) is 5.72 Å². The van der Waals surface area contributed by atoms with Crippen LogP contribution in [-0.4, -0.2) is 67.3 Å². The van der Waals surface area contributed by atoms with Gasteiger partial charge in [-0.3, -0.25) is 5.73 Å².